The Morgan fingerprint density at radius 2 is 2.10 bits per heavy atom. The van der Waals surface area contributed by atoms with Gasteiger partial charge >= 0.3 is 0 Å². The zero-order valence-corrected chi connectivity index (χ0v) is 11.4. The Balaban J connectivity index is 2.14. The van der Waals surface area contributed by atoms with Gasteiger partial charge in [0.25, 0.3) is 0 Å². The summed E-state index contributed by atoms with van der Waals surface area (Å²) >= 11 is 0. The van der Waals surface area contributed by atoms with E-state index in [1.807, 2.05) is 0 Å². The quantitative estimate of drug-likeness (QED) is 0.363. The van der Waals surface area contributed by atoms with Crippen molar-refractivity contribution in [3.63, 3.8) is 0 Å². The molecule has 1 fully saturated rings. The monoisotopic (exact) mass is 302 g/mol. The molecular weight excluding hydrogens is 287 g/mol. The molecule has 2 heterocycles. The maximum Gasteiger partial charge on any atom is 0.244 e. The molecule has 1 aliphatic heterocycles. The Morgan fingerprint density at radius 3 is 2.65 bits per heavy atom. The van der Waals surface area contributed by atoms with Gasteiger partial charge in [-0.1, -0.05) is 5.16 Å². The molecule has 0 bridgehead atoms. The molecule has 20 heavy (non-hydrogen) atoms. The summed E-state index contributed by atoms with van der Waals surface area (Å²) in [6.45, 7) is 0.472. The first-order valence-electron chi connectivity index (χ1n) is 6.03. The van der Waals surface area contributed by atoms with Gasteiger partial charge in [0, 0.05) is 25.2 Å². The van der Waals surface area contributed by atoms with E-state index in [0.717, 1.165) is 18.5 Å². The van der Waals surface area contributed by atoms with Crippen molar-refractivity contribution in [2.45, 2.75) is 17.7 Å². The molecule has 110 valence electrons. The highest BCUT2D eigenvalue weighted by Crippen LogP contribution is 2.23. The van der Waals surface area contributed by atoms with Gasteiger partial charge in [-0.3, -0.25) is 4.98 Å². The number of rotatable bonds is 3. The van der Waals surface area contributed by atoms with Gasteiger partial charge in [-0.15, -0.1) is 0 Å². The van der Waals surface area contributed by atoms with Crippen LogP contribution in [0.3, 0.4) is 0 Å². The van der Waals surface area contributed by atoms with E-state index in [1.165, 1.54) is 4.31 Å². The summed E-state index contributed by atoms with van der Waals surface area (Å²) in [6.07, 6.45) is 2.98. The molecule has 0 aliphatic carbocycles. The van der Waals surface area contributed by atoms with Crippen LogP contribution in [0.5, 0.6) is 0 Å². The highest BCUT2D eigenvalue weighted by molar-refractivity contribution is 7.89. The van der Waals surface area contributed by atoms with E-state index in [1.54, 1.807) is 0 Å². The zero-order valence-electron chi connectivity index (χ0n) is 10.6. The van der Waals surface area contributed by atoms with Crippen molar-refractivity contribution < 1.29 is 18.0 Å². The van der Waals surface area contributed by atoms with Crippen molar-refractivity contribution in [2.75, 3.05) is 13.1 Å². The fraction of sp³-hybridized carbons (Fsp3) is 0.455. The Labute approximate surface area is 116 Å². The topological polar surface area (TPSA) is 109 Å². The van der Waals surface area contributed by atoms with Gasteiger partial charge < -0.3 is 10.9 Å². The van der Waals surface area contributed by atoms with Gasteiger partial charge in [-0.2, -0.15) is 4.31 Å². The van der Waals surface area contributed by atoms with Gasteiger partial charge in [0.05, 0.1) is 6.20 Å². The Kier molecular flexibility index (Phi) is 4.19. The van der Waals surface area contributed by atoms with E-state index in [9.17, 15) is 12.8 Å². The minimum Gasteiger partial charge on any atom is -0.409 e. The molecular formula is C11H15FN4O3S. The van der Waals surface area contributed by atoms with Gasteiger partial charge in [0.15, 0.2) is 0 Å². The molecule has 7 nitrogen and oxygen atoms in total. The van der Waals surface area contributed by atoms with Crippen LogP contribution in [-0.4, -0.2) is 41.8 Å². The number of halogens is 1. The Bertz CT molecular complexity index is 612. The van der Waals surface area contributed by atoms with Crippen LogP contribution in [0.1, 0.15) is 12.8 Å². The third kappa shape index (κ3) is 2.88. The lowest BCUT2D eigenvalue weighted by Crippen LogP contribution is -2.41. The number of aromatic nitrogens is 1. The number of oxime groups is 1. The Hall–Kier alpha value is -1.74. The van der Waals surface area contributed by atoms with Crippen LogP contribution in [0.25, 0.3) is 0 Å². The first kappa shape index (κ1) is 14.7. The van der Waals surface area contributed by atoms with Crippen molar-refractivity contribution in [1.29, 1.82) is 0 Å². The minimum absolute atomic E-state index is 0.106. The summed E-state index contributed by atoms with van der Waals surface area (Å²) in [4.78, 5) is 3.38. The second kappa shape index (κ2) is 5.71. The molecule has 1 aliphatic rings. The average Bonchev–Trinajstić information content (AvgIpc) is 2.46. The van der Waals surface area contributed by atoms with Crippen molar-refractivity contribution in [1.82, 2.24) is 9.29 Å². The van der Waals surface area contributed by atoms with Gasteiger partial charge in [0.2, 0.25) is 10.0 Å². The van der Waals surface area contributed by atoms with Crippen molar-refractivity contribution in [3.8, 4) is 0 Å². The molecule has 0 amide bonds. The largest absolute Gasteiger partial charge is 0.409 e. The maximum absolute atomic E-state index is 13.1. The third-order valence-electron chi connectivity index (χ3n) is 3.31. The Morgan fingerprint density at radius 1 is 1.45 bits per heavy atom. The predicted molar refractivity (Wildman–Crippen MR) is 69.1 cm³/mol. The number of piperidine rings is 1. The van der Waals surface area contributed by atoms with E-state index < -0.39 is 15.8 Å². The fourth-order valence-corrected chi connectivity index (χ4v) is 3.60. The second-order valence-corrected chi connectivity index (χ2v) is 6.48. The lowest BCUT2D eigenvalue weighted by atomic mass is 9.97. The highest BCUT2D eigenvalue weighted by atomic mass is 32.2. The predicted octanol–water partition coefficient (Wildman–Crippen LogP) is 0.368. The summed E-state index contributed by atoms with van der Waals surface area (Å²) in [5.74, 6) is -0.732. The van der Waals surface area contributed by atoms with Gasteiger partial charge in [0.1, 0.15) is 16.5 Å². The summed E-state index contributed by atoms with van der Waals surface area (Å²) in [5.41, 5.74) is 5.51. The van der Waals surface area contributed by atoms with Crippen LogP contribution in [0, 0.1) is 11.7 Å². The number of nitrogens with two attached hydrogens (primary N) is 1. The summed E-state index contributed by atoms with van der Waals surface area (Å²) in [5, 5.41) is 11.5. The number of hydrogen-bond donors (Lipinski definition) is 2. The molecule has 1 aromatic heterocycles. The molecule has 1 saturated heterocycles. The smallest absolute Gasteiger partial charge is 0.244 e. The molecule has 2 rings (SSSR count). The standard InChI is InChI=1S/C11H15FN4O3S/c12-9-5-10(7-14-6-9)20(18,19)16-3-1-8(2-4-16)11(13)15-17/h5-8,17H,1-4H2,(H2,13,15). The van der Waals surface area contributed by atoms with Crippen LogP contribution in [0.4, 0.5) is 4.39 Å². The molecule has 0 aromatic carbocycles. The number of sulfonamides is 1. The minimum atomic E-state index is -3.75. The summed E-state index contributed by atoms with van der Waals surface area (Å²) < 4.78 is 38.9. The molecule has 1 aromatic rings. The van der Waals surface area contributed by atoms with Crippen molar-refractivity contribution >= 4 is 15.9 Å². The van der Waals surface area contributed by atoms with Crippen LogP contribution in [-0.2, 0) is 10.0 Å². The highest BCUT2D eigenvalue weighted by Gasteiger charge is 2.31. The van der Waals surface area contributed by atoms with Crippen LogP contribution < -0.4 is 5.73 Å². The summed E-state index contributed by atoms with van der Waals surface area (Å²) in [6, 6.07) is 0.942. The molecule has 0 spiro atoms. The normalized spacial score (nSPS) is 19.1. The number of hydrogen-bond acceptors (Lipinski definition) is 5. The summed E-state index contributed by atoms with van der Waals surface area (Å²) in [7, 11) is -3.75. The second-order valence-electron chi connectivity index (χ2n) is 4.54. The number of amidine groups is 1. The lowest BCUT2D eigenvalue weighted by Gasteiger charge is -2.30. The van der Waals surface area contributed by atoms with Crippen molar-refractivity contribution in [2.24, 2.45) is 16.8 Å². The first-order chi connectivity index (χ1) is 9.45. The van der Waals surface area contributed by atoms with E-state index >= 15 is 0 Å². The molecule has 0 atom stereocenters. The van der Waals surface area contributed by atoms with E-state index in [-0.39, 0.29) is 29.7 Å². The molecule has 0 unspecified atom stereocenters. The van der Waals surface area contributed by atoms with Crippen LogP contribution >= 0.6 is 0 Å². The van der Waals surface area contributed by atoms with Gasteiger partial charge in [-0.25, -0.2) is 12.8 Å². The van der Waals surface area contributed by atoms with Crippen molar-refractivity contribution in [3.05, 3.63) is 24.3 Å². The molecule has 0 radical (unpaired) electrons. The van der Waals surface area contributed by atoms with E-state index in [2.05, 4.69) is 10.1 Å². The SMILES string of the molecule is NC(=NO)C1CCN(S(=O)(=O)c2cncc(F)c2)CC1. The van der Waals surface area contributed by atoms with Gasteiger partial charge in [-0.05, 0) is 18.9 Å². The van der Waals surface area contributed by atoms with Crippen LogP contribution in [0.15, 0.2) is 28.5 Å². The fourth-order valence-electron chi connectivity index (χ4n) is 2.16. The average molecular weight is 302 g/mol. The molecule has 9 heteroatoms. The molecule has 3 N–H and O–H groups in total. The third-order valence-corrected chi connectivity index (χ3v) is 5.17. The number of nitrogens with zero attached hydrogens (tertiary/aromatic N) is 3. The number of pyridine rings is 1. The molecule has 0 saturated carbocycles. The zero-order chi connectivity index (χ0) is 14.8. The van der Waals surface area contributed by atoms with E-state index in [0.29, 0.717) is 12.8 Å². The maximum atomic E-state index is 13.1. The lowest BCUT2D eigenvalue weighted by molar-refractivity contribution is 0.291. The van der Waals surface area contributed by atoms with E-state index in [4.69, 9.17) is 10.9 Å². The first-order valence-corrected chi connectivity index (χ1v) is 7.47. The van der Waals surface area contributed by atoms with Crippen LogP contribution in [0.2, 0.25) is 0 Å².